The van der Waals surface area contributed by atoms with E-state index >= 15 is 0 Å². The van der Waals surface area contributed by atoms with Crippen molar-refractivity contribution < 1.29 is 14.3 Å². The van der Waals surface area contributed by atoms with Gasteiger partial charge >= 0.3 is 0 Å². The minimum absolute atomic E-state index is 0.0647. The van der Waals surface area contributed by atoms with Crippen LogP contribution in [0.5, 0.6) is 5.75 Å². The highest BCUT2D eigenvalue weighted by atomic mass is 16.5. The molecular formula is C21H26N2O3. The van der Waals surface area contributed by atoms with E-state index in [-0.39, 0.29) is 24.4 Å². The lowest BCUT2D eigenvalue weighted by molar-refractivity contribution is -0.120. The molecule has 0 bridgehead atoms. The Balaban J connectivity index is 1.77. The van der Waals surface area contributed by atoms with Crippen LogP contribution < -0.4 is 15.4 Å². The second-order valence-electron chi connectivity index (χ2n) is 6.11. The first-order valence-corrected chi connectivity index (χ1v) is 8.95. The van der Waals surface area contributed by atoms with E-state index in [9.17, 15) is 9.59 Å². The van der Waals surface area contributed by atoms with Crippen molar-refractivity contribution in [1.29, 1.82) is 0 Å². The van der Waals surface area contributed by atoms with Crippen molar-refractivity contribution in [3.05, 3.63) is 65.7 Å². The summed E-state index contributed by atoms with van der Waals surface area (Å²) >= 11 is 0. The molecule has 2 aromatic carbocycles. The molecule has 0 heterocycles. The molecule has 1 atom stereocenters. The number of nitrogens with one attached hydrogen (secondary N) is 2. The first kappa shape index (κ1) is 19.5. The maximum atomic E-state index is 12.1. The predicted octanol–water partition coefficient (Wildman–Crippen LogP) is 3.47. The van der Waals surface area contributed by atoms with Crippen LogP contribution in [0.4, 0.5) is 0 Å². The SMILES string of the molecule is CCCCOc1ccc(C(=O)NCC(=O)N[C@@H](C)c2ccccc2)cc1. The lowest BCUT2D eigenvalue weighted by Crippen LogP contribution is -2.38. The normalized spacial score (nSPS) is 11.5. The molecular weight excluding hydrogens is 328 g/mol. The van der Waals surface area contributed by atoms with Crippen molar-refractivity contribution in [3.8, 4) is 5.75 Å². The van der Waals surface area contributed by atoms with E-state index in [4.69, 9.17) is 4.74 Å². The Bertz CT molecular complexity index is 699. The minimum atomic E-state index is -0.285. The quantitative estimate of drug-likeness (QED) is 0.678. The Kier molecular flexibility index (Phi) is 7.68. The maximum absolute atomic E-state index is 12.1. The highest BCUT2D eigenvalue weighted by Gasteiger charge is 2.11. The number of amides is 2. The molecule has 0 aliphatic rings. The van der Waals surface area contributed by atoms with E-state index in [1.807, 2.05) is 37.3 Å². The monoisotopic (exact) mass is 354 g/mol. The van der Waals surface area contributed by atoms with Crippen LogP contribution in [0.3, 0.4) is 0 Å². The third-order valence-electron chi connectivity index (χ3n) is 3.97. The number of hydrogen-bond acceptors (Lipinski definition) is 3. The van der Waals surface area contributed by atoms with Gasteiger partial charge in [0, 0.05) is 5.56 Å². The van der Waals surface area contributed by atoms with Gasteiger partial charge in [-0.2, -0.15) is 0 Å². The Morgan fingerprint density at radius 2 is 1.73 bits per heavy atom. The molecule has 0 aliphatic carbocycles. The van der Waals surface area contributed by atoms with Gasteiger partial charge in [-0.05, 0) is 43.2 Å². The van der Waals surface area contributed by atoms with Gasteiger partial charge in [-0.3, -0.25) is 9.59 Å². The first-order chi connectivity index (χ1) is 12.6. The smallest absolute Gasteiger partial charge is 0.251 e. The van der Waals surface area contributed by atoms with E-state index in [0.717, 1.165) is 24.2 Å². The standard InChI is InChI=1S/C21H26N2O3/c1-3-4-14-26-19-12-10-18(11-13-19)21(25)22-15-20(24)23-16(2)17-8-6-5-7-9-17/h5-13,16H,3-4,14-15H2,1-2H3,(H,22,25)(H,23,24)/t16-/m0/s1. The van der Waals surface area contributed by atoms with Crippen molar-refractivity contribution in [1.82, 2.24) is 10.6 Å². The fourth-order valence-electron chi connectivity index (χ4n) is 2.42. The summed E-state index contributed by atoms with van der Waals surface area (Å²) in [4.78, 5) is 24.2. The summed E-state index contributed by atoms with van der Waals surface area (Å²) in [7, 11) is 0. The largest absolute Gasteiger partial charge is 0.494 e. The molecule has 0 saturated carbocycles. The molecule has 138 valence electrons. The second kappa shape index (κ2) is 10.2. The zero-order chi connectivity index (χ0) is 18.8. The van der Waals surface area contributed by atoms with Crippen molar-refractivity contribution >= 4 is 11.8 Å². The van der Waals surface area contributed by atoms with Crippen LogP contribution in [0, 0.1) is 0 Å². The van der Waals surface area contributed by atoms with Gasteiger partial charge < -0.3 is 15.4 Å². The molecule has 2 amide bonds. The van der Waals surface area contributed by atoms with Crippen molar-refractivity contribution in [2.24, 2.45) is 0 Å². The van der Waals surface area contributed by atoms with E-state index in [1.54, 1.807) is 24.3 Å². The fourth-order valence-corrected chi connectivity index (χ4v) is 2.42. The van der Waals surface area contributed by atoms with Crippen molar-refractivity contribution in [2.75, 3.05) is 13.2 Å². The number of benzene rings is 2. The van der Waals surface area contributed by atoms with Crippen LogP contribution in [-0.2, 0) is 4.79 Å². The number of ether oxygens (including phenoxy) is 1. The highest BCUT2D eigenvalue weighted by Crippen LogP contribution is 2.13. The molecule has 0 radical (unpaired) electrons. The van der Waals surface area contributed by atoms with Crippen LogP contribution in [0.1, 0.15) is 48.7 Å². The Morgan fingerprint density at radius 3 is 2.38 bits per heavy atom. The Labute approximate surface area is 154 Å². The minimum Gasteiger partial charge on any atom is -0.494 e. The summed E-state index contributed by atoms with van der Waals surface area (Å²) in [5.74, 6) is 0.228. The molecule has 0 spiro atoms. The molecule has 5 heteroatoms. The van der Waals surface area contributed by atoms with Gasteiger partial charge in [0.25, 0.3) is 5.91 Å². The van der Waals surface area contributed by atoms with Gasteiger partial charge in [-0.1, -0.05) is 43.7 Å². The predicted molar refractivity (Wildman–Crippen MR) is 102 cm³/mol. The van der Waals surface area contributed by atoms with Gasteiger partial charge in [-0.15, -0.1) is 0 Å². The molecule has 0 saturated heterocycles. The van der Waals surface area contributed by atoms with Gasteiger partial charge in [0.1, 0.15) is 5.75 Å². The molecule has 2 aromatic rings. The third kappa shape index (κ3) is 6.24. The third-order valence-corrected chi connectivity index (χ3v) is 3.97. The molecule has 0 fully saturated rings. The van der Waals surface area contributed by atoms with E-state index in [2.05, 4.69) is 17.6 Å². The zero-order valence-corrected chi connectivity index (χ0v) is 15.3. The van der Waals surface area contributed by atoms with Crippen LogP contribution >= 0.6 is 0 Å². The molecule has 2 N–H and O–H groups in total. The van der Waals surface area contributed by atoms with Gasteiger partial charge in [-0.25, -0.2) is 0 Å². The summed E-state index contributed by atoms with van der Waals surface area (Å²) in [6.45, 7) is 4.62. The Morgan fingerprint density at radius 1 is 1.04 bits per heavy atom. The van der Waals surface area contributed by atoms with Crippen LogP contribution in [-0.4, -0.2) is 25.0 Å². The van der Waals surface area contributed by atoms with E-state index < -0.39 is 0 Å². The van der Waals surface area contributed by atoms with E-state index in [0.29, 0.717) is 12.2 Å². The molecule has 2 rings (SSSR count). The molecule has 5 nitrogen and oxygen atoms in total. The number of hydrogen-bond donors (Lipinski definition) is 2. The lowest BCUT2D eigenvalue weighted by Gasteiger charge is -2.14. The second-order valence-corrected chi connectivity index (χ2v) is 6.11. The molecule has 0 aromatic heterocycles. The average molecular weight is 354 g/mol. The average Bonchev–Trinajstić information content (AvgIpc) is 2.67. The summed E-state index contributed by atoms with van der Waals surface area (Å²) in [5, 5.41) is 5.50. The van der Waals surface area contributed by atoms with Gasteiger partial charge in [0.2, 0.25) is 5.91 Å². The summed E-state index contributed by atoms with van der Waals surface area (Å²) in [6.07, 6.45) is 2.07. The zero-order valence-electron chi connectivity index (χ0n) is 15.3. The molecule has 0 aliphatic heterocycles. The topological polar surface area (TPSA) is 67.4 Å². The highest BCUT2D eigenvalue weighted by molar-refractivity contribution is 5.96. The van der Waals surface area contributed by atoms with Gasteiger partial charge in [0.05, 0.1) is 19.2 Å². The molecule has 26 heavy (non-hydrogen) atoms. The number of unbranched alkanes of at least 4 members (excludes halogenated alkanes) is 1. The summed E-state index contributed by atoms with van der Waals surface area (Å²) in [5.41, 5.74) is 1.52. The lowest BCUT2D eigenvalue weighted by atomic mass is 10.1. The van der Waals surface area contributed by atoms with E-state index in [1.165, 1.54) is 0 Å². The summed E-state index contributed by atoms with van der Waals surface area (Å²) in [6, 6.07) is 16.5. The summed E-state index contributed by atoms with van der Waals surface area (Å²) < 4.78 is 5.57. The van der Waals surface area contributed by atoms with Crippen molar-refractivity contribution in [3.63, 3.8) is 0 Å². The maximum Gasteiger partial charge on any atom is 0.251 e. The van der Waals surface area contributed by atoms with Crippen LogP contribution in [0.2, 0.25) is 0 Å². The molecule has 0 unspecified atom stereocenters. The van der Waals surface area contributed by atoms with Crippen molar-refractivity contribution in [2.45, 2.75) is 32.7 Å². The van der Waals surface area contributed by atoms with Gasteiger partial charge in [0.15, 0.2) is 0 Å². The number of carbonyl (C=O) groups excluding carboxylic acids is 2. The Hall–Kier alpha value is -2.82. The number of carbonyl (C=O) groups is 2. The number of rotatable bonds is 9. The van der Waals surface area contributed by atoms with Crippen LogP contribution in [0.15, 0.2) is 54.6 Å². The fraction of sp³-hybridized carbons (Fsp3) is 0.333. The van der Waals surface area contributed by atoms with Crippen LogP contribution in [0.25, 0.3) is 0 Å². The first-order valence-electron chi connectivity index (χ1n) is 8.95.